The highest BCUT2D eigenvalue weighted by molar-refractivity contribution is 7.27. The van der Waals surface area contributed by atoms with Crippen LogP contribution in [0.1, 0.15) is 0 Å². The molecule has 4 aromatic carbocycles. The molecule has 0 atom stereocenters. The number of thiophene rings is 1. The van der Waals surface area contributed by atoms with Gasteiger partial charge in [-0.15, -0.1) is 11.3 Å². The zero-order chi connectivity index (χ0) is 24.1. The Morgan fingerprint density at radius 1 is 0.486 bits per heavy atom. The summed E-state index contributed by atoms with van der Waals surface area (Å²) in [5, 5.41) is 4.82. The van der Waals surface area contributed by atoms with Gasteiger partial charge in [0.15, 0.2) is 0 Å². The van der Waals surface area contributed by atoms with Gasteiger partial charge in [0.05, 0.1) is 42.5 Å². The first-order valence-corrected chi connectivity index (χ1v) is 13.3. The van der Waals surface area contributed by atoms with Crippen molar-refractivity contribution in [2.75, 3.05) is 0 Å². The fourth-order valence-electron chi connectivity index (χ4n) is 6.06. The van der Waals surface area contributed by atoms with Crippen LogP contribution in [-0.2, 0) is 0 Å². The normalized spacial score (nSPS) is 12.3. The maximum atomic E-state index is 5.10. The average Bonchev–Trinajstić information content (AvgIpc) is 3.59. The van der Waals surface area contributed by atoms with Crippen LogP contribution in [0.15, 0.2) is 115 Å². The summed E-state index contributed by atoms with van der Waals surface area (Å²) in [7, 11) is 0. The number of aromatic nitrogens is 3. The molecule has 6 bridgehead atoms. The lowest BCUT2D eigenvalue weighted by Crippen LogP contribution is -1.88. The second-order valence-corrected chi connectivity index (χ2v) is 10.7. The molecular weight excluding hydrogens is 470 g/mol. The molecule has 0 N–H and O–H groups in total. The van der Waals surface area contributed by atoms with E-state index in [-0.39, 0.29) is 0 Å². The van der Waals surface area contributed by atoms with E-state index < -0.39 is 0 Å². The maximum Gasteiger partial charge on any atom is 0.0899 e. The van der Waals surface area contributed by atoms with Crippen molar-refractivity contribution in [3.8, 4) is 0 Å². The number of nitrogens with zero attached hydrogens (tertiary/aromatic N) is 3. The minimum Gasteiger partial charge on any atom is -0.306 e. The highest BCUT2D eigenvalue weighted by atomic mass is 32.1. The van der Waals surface area contributed by atoms with Crippen LogP contribution in [0.3, 0.4) is 0 Å². The average molecular weight is 490 g/mol. The van der Waals surface area contributed by atoms with Crippen LogP contribution in [0.5, 0.6) is 0 Å². The molecule has 0 amide bonds. The van der Waals surface area contributed by atoms with Crippen LogP contribution in [-0.4, -0.2) is 13.8 Å². The van der Waals surface area contributed by atoms with E-state index in [1.165, 1.54) is 42.2 Å². The summed E-state index contributed by atoms with van der Waals surface area (Å²) in [6, 6.07) is 41.5. The molecule has 0 fully saturated rings. The number of para-hydroxylation sites is 2. The quantitative estimate of drug-likeness (QED) is 0.208. The van der Waals surface area contributed by atoms with E-state index in [1.54, 1.807) is 0 Å². The van der Waals surface area contributed by atoms with Crippen LogP contribution in [0.4, 0.5) is 0 Å². The molecule has 0 spiro atoms. The van der Waals surface area contributed by atoms with Crippen molar-refractivity contribution < 1.29 is 0 Å². The van der Waals surface area contributed by atoms with Crippen molar-refractivity contribution in [1.82, 2.24) is 13.8 Å². The zero-order valence-electron chi connectivity index (χ0n) is 19.7. The smallest absolute Gasteiger partial charge is 0.0899 e. The van der Waals surface area contributed by atoms with Gasteiger partial charge < -0.3 is 8.80 Å². The number of rotatable bonds is 0. The Morgan fingerprint density at radius 2 is 0.973 bits per heavy atom. The molecule has 4 heteroatoms. The number of hydrogen-bond donors (Lipinski definition) is 0. The molecular formula is C33H19N3S. The first kappa shape index (κ1) is 19.5. The minimum atomic E-state index is 0.984. The van der Waals surface area contributed by atoms with E-state index >= 15 is 0 Å². The Kier molecular flexibility index (Phi) is 3.67. The summed E-state index contributed by atoms with van der Waals surface area (Å²) < 4.78 is 7.56. The van der Waals surface area contributed by atoms with Crippen LogP contribution in [0.2, 0.25) is 0 Å². The third-order valence-corrected chi connectivity index (χ3v) is 8.87. The van der Waals surface area contributed by atoms with Gasteiger partial charge in [0.2, 0.25) is 0 Å². The highest BCUT2D eigenvalue weighted by Gasteiger charge is 2.20. The SMILES string of the molecule is c1cc2nc(c1)c1cccc(c1)n1c3ccccc3c3sc4c5ccccc5n(c5cccc2c5)c4c31. The Labute approximate surface area is 215 Å². The molecule has 37 heavy (non-hydrogen) atoms. The molecule has 0 saturated heterocycles. The Morgan fingerprint density at radius 3 is 1.51 bits per heavy atom. The van der Waals surface area contributed by atoms with E-state index in [0.717, 1.165) is 32.8 Å². The van der Waals surface area contributed by atoms with E-state index in [0.29, 0.717) is 0 Å². The molecule has 5 heterocycles. The van der Waals surface area contributed by atoms with E-state index in [1.807, 2.05) is 11.3 Å². The number of hydrogen-bond acceptors (Lipinski definition) is 2. The molecule has 3 nitrogen and oxygen atoms in total. The lowest BCUT2D eigenvalue weighted by molar-refractivity contribution is 1.31. The van der Waals surface area contributed by atoms with Gasteiger partial charge in [0.25, 0.3) is 0 Å². The number of fused-ring (bicyclic) bond motifs is 16. The van der Waals surface area contributed by atoms with Gasteiger partial charge in [-0.05, 0) is 48.5 Å². The number of pyridine rings is 1. The lowest BCUT2D eigenvalue weighted by Gasteiger charge is -2.02. The van der Waals surface area contributed by atoms with Gasteiger partial charge in [-0.1, -0.05) is 66.7 Å². The van der Waals surface area contributed by atoms with Crippen molar-refractivity contribution in [2.45, 2.75) is 0 Å². The van der Waals surface area contributed by atoms with E-state index in [9.17, 15) is 0 Å². The molecule has 0 unspecified atom stereocenters. The predicted octanol–water partition coefficient (Wildman–Crippen LogP) is 9.13. The van der Waals surface area contributed by atoms with Crippen molar-refractivity contribution in [1.29, 1.82) is 0 Å². The number of benzene rings is 4. The molecule has 172 valence electrons. The van der Waals surface area contributed by atoms with Crippen LogP contribution in [0.25, 0.3) is 75.1 Å². The van der Waals surface area contributed by atoms with Gasteiger partial charge in [0.1, 0.15) is 0 Å². The summed E-state index contributed by atoms with van der Waals surface area (Å²) in [6.07, 6.45) is 0. The van der Waals surface area contributed by atoms with Gasteiger partial charge in [-0.3, -0.25) is 0 Å². The largest absolute Gasteiger partial charge is 0.306 e. The Bertz CT molecular complexity index is 2260. The van der Waals surface area contributed by atoms with Crippen LogP contribution < -0.4 is 0 Å². The molecule has 0 aliphatic rings. The second kappa shape index (κ2) is 6.96. The Hall–Kier alpha value is -4.67. The summed E-state index contributed by atoms with van der Waals surface area (Å²) in [5.74, 6) is 0. The monoisotopic (exact) mass is 489 g/mol. The van der Waals surface area contributed by atoms with Crippen molar-refractivity contribution >= 4 is 86.4 Å². The molecule has 0 radical (unpaired) electrons. The highest BCUT2D eigenvalue weighted by Crippen LogP contribution is 2.45. The van der Waals surface area contributed by atoms with E-state index in [4.69, 9.17) is 4.98 Å². The molecule has 0 aliphatic heterocycles. The van der Waals surface area contributed by atoms with Gasteiger partial charge >= 0.3 is 0 Å². The lowest BCUT2D eigenvalue weighted by atomic mass is 10.2. The van der Waals surface area contributed by atoms with Gasteiger partial charge in [-0.2, -0.15) is 0 Å². The van der Waals surface area contributed by atoms with Crippen molar-refractivity contribution in [3.63, 3.8) is 0 Å². The summed E-state index contributed by atoms with van der Waals surface area (Å²) in [4.78, 5) is 5.10. The summed E-state index contributed by atoms with van der Waals surface area (Å²) >= 11 is 1.91. The van der Waals surface area contributed by atoms with Crippen LogP contribution in [0, 0.1) is 0 Å². The molecule has 0 saturated carbocycles. The standard InChI is InChI=1S/C33H19N3S/c1-3-16-28-24(12-1)32-30-31-33(37-32)25-13-2-4-17-29(25)36(31)23-11-6-9-21(19-23)27-15-7-14-26(34-27)20-8-5-10-22(18-20)35(28)30/h1-19H. The van der Waals surface area contributed by atoms with Gasteiger partial charge in [0, 0.05) is 32.6 Å². The topological polar surface area (TPSA) is 21.7 Å². The molecule has 5 aromatic heterocycles. The predicted molar refractivity (Wildman–Crippen MR) is 158 cm³/mol. The van der Waals surface area contributed by atoms with E-state index in [2.05, 4.69) is 124 Å². The van der Waals surface area contributed by atoms with Crippen molar-refractivity contribution in [3.05, 3.63) is 115 Å². The summed E-state index contributed by atoms with van der Waals surface area (Å²) in [6.45, 7) is 0. The molecule has 9 aromatic rings. The third kappa shape index (κ3) is 2.52. The fraction of sp³-hybridized carbons (Fsp3) is 0. The second-order valence-electron chi connectivity index (χ2n) is 9.67. The Balaban J connectivity index is 1.74. The third-order valence-electron chi connectivity index (χ3n) is 7.63. The zero-order valence-corrected chi connectivity index (χ0v) is 20.5. The molecule has 9 rings (SSSR count). The summed E-state index contributed by atoms with van der Waals surface area (Å²) in [5.41, 5.74) is 9.25. The first-order valence-electron chi connectivity index (χ1n) is 12.5. The first-order chi connectivity index (χ1) is 18.3. The fourth-order valence-corrected chi connectivity index (χ4v) is 7.40. The van der Waals surface area contributed by atoms with Crippen molar-refractivity contribution in [2.24, 2.45) is 0 Å². The van der Waals surface area contributed by atoms with Crippen LogP contribution >= 0.6 is 11.3 Å². The maximum absolute atomic E-state index is 5.10. The van der Waals surface area contributed by atoms with Gasteiger partial charge in [-0.25, -0.2) is 4.98 Å². The minimum absolute atomic E-state index is 0.984. The molecule has 0 aliphatic carbocycles.